The van der Waals surface area contributed by atoms with E-state index in [1.54, 1.807) is 30.3 Å². The molecule has 1 amide bonds. The molecule has 2 aromatic heterocycles. The van der Waals surface area contributed by atoms with Crippen LogP contribution in [-0.4, -0.2) is 16.7 Å². The molecule has 0 saturated carbocycles. The first-order chi connectivity index (χ1) is 16.1. The first-order valence-electron chi connectivity index (χ1n) is 10.3. The van der Waals surface area contributed by atoms with Gasteiger partial charge in [0.2, 0.25) is 0 Å². The zero-order valence-electron chi connectivity index (χ0n) is 17.4. The number of halogens is 1. The van der Waals surface area contributed by atoms with Crippen LogP contribution in [0.3, 0.4) is 0 Å². The van der Waals surface area contributed by atoms with Gasteiger partial charge in [0, 0.05) is 21.4 Å². The van der Waals surface area contributed by atoms with Crippen molar-refractivity contribution in [2.24, 2.45) is 5.10 Å². The highest BCUT2D eigenvalue weighted by Crippen LogP contribution is 2.23. The monoisotopic (exact) mass is 455 g/mol. The van der Waals surface area contributed by atoms with E-state index in [4.69, 9.17) is 16.0 Å². The maximum atomic E-state index is 12.8. The summed E-state index contributed by atoms with van der Waals surface area (Å²) in [6.45, 7) is 0.00677. The third-order valence-corrected chi connectivity index (χ3v) is 5.57. The van der Waals surface area contributed by atoms with Crippen LogP contribution in [0.1, 0.15) is 5.76 Å². The standard InChI is InChI=1S/C26H18ClN3O3/c27-18-11-9-17(10-12-18)24-14-13-19(33-24)15-28-29-25(31)16-30-22-7-3-1-5-20(22)26(32)21-6-2-4-8-23(21)30/h1-15H,16H2,(H,29,31). The number of nitrogens with one attached hydrogen (secondary N) is 1. The van der Waals surface area contributed by atoms with Gasteiger partial charge in [0.25, 0.3) is 5.91 Å². The number of fused-ring (bicyclic) bond motifs is 2. The normalized spacial score (nSPS) is 11.4. The van der Waals surface area contributed by atoms with Gasteiger partial charge < -0.3 is 8.98 Å². The lowest BCUT2D eigenvalue weighted by Crippen LogP contribution is -2.25. The molecule has 5 aromatic rings. The largest absolute Gasteiger partial charge is 0.455 e. The quantitative estimate of drug-likeness (QED) is 0.224. The second kappa shape index (κ2) is 8.76. The number of furan rings is 1. The summed E-state index contributed by atoms with van der Waals surface area (Å²) in [6, 6.07) is 25.4. The van der Waals surface area contributed by atoms with E-state index < -0.39 is 0 Å². The maximum Gasteiger partial charge on any atom is 0.260 e. The molecule has 0 aliphatic heterocycles. The first kappa shape index (κ1) is 20.7. The number of nitrogens with zero attached hydrogens (tertiary/aromatic N) is 2. The second-order valence-electron chi connectivity index (χ2n) is 7.45. The Bertz CT molecular complexity index is 1510. The molecule has 162 valence electrons. The van der Waals surface area contributed by atoms with Crippen molar-refractivity contribution in [2.75, 3.05) is 0 Å². The van der Waals surface area contributed by atoms with Crippen molar-refractivity contribution in [1.82, 2.24) is 9.99 Å². The van der Waals surface area contributed by atoms with Crippen molar-refractivity contribution in [1.29, 1.82) is 0 Å². The molecule has 0 radical (unpaired) electrons. The number of hydrazone groups is 1. The summed E-state index contributed by atoms with van der Waals surface area (Å²) in [6.07, 6.45) is 1.44. The number of hydrogen-bond donors (Lipinski definition) is 1. The number of pyridine rings is 1. The van der Waals surface area contributed by atoms with E-state index in [1.165, 1.54) is 6.21 Å². The second-order valence-corrected chi connectivity index (χ2v) is 7.89. The van der Waals surface area contributed by atoms with Crippen LogP contribution in [0.15, 0.2) is 99.2 Å². The molecule has 0 atom stereocenters. The fourth-order valence-corrected chi connectivity index (χ4v) is 3.91. The van der Waals surface area contributed by atoms with E-state index in [0.717, 1.165) is 5.56 Å². The minimum Gasteiger partial charge on any atom is -0.455 e. The van der Waals surface area contributed by atoms with Crippen LogP contribution in [0.2, 0.25) is 5.02 Å². The predicted octanol–water partition coefficient (Wildman–Crippen LogP) is 5.22. The van der Waals surface area contributed by atoms with Crippen molar-refractivity contribution in [2.45, 2.75) is 6.54 Å². The molecule has 0 fully saturated rings. The minimum absolute atomic E-state index is 0.00677. The Morgan fingerprint density at radius 3 is 2.21 bits per heavy atom. The van der Waals surface area contributed by atoms with Crippen molar-refractivity contribution < 1.29 is 9.21 Å². The summed E-state index contributed by atoms with van der Waals surface area (Å²) in [7, 11) is 0. The smallest absolute Gasteiger partial charge is 0.260 e. The number of para-hydroxylation sites is 2. The number of amides is 1. The summed E-state index contributed by atoms with van der Waals surface area (Å²) < 4.78 is 7.58. The summed E-state index contributed by atoms with van der Waals surface area (Å²) in [4.78, 5) is 25.5. The third-order valence-electron chi connectivity index (χ3n) is 5.32. The molecule has 6 nitrogen and oxygen atoms in total. The van der Waals surface area contributed by atoms with Crippen LogP contribution in [0.5, 0.6) is 0 Å². The summed E-state index contributed by atoms with van der Waals surface area (Å²) in [5.41, 5.74) is 4.76. The third kappa shape index (κ3) is 4.16. The Balaban J connectivity index is 1.36. The lowest BCUT2D eigenvalue weighted by molar-refractivity contribution is -0.121. The molecule has 0 unspecified atom stereocenters. The average Bonchev–Trinajstić information content (AvgIpc) is 3.31. The molecular weight excluding hydrogens is 438 g/mol. The summed E-state index contributed by atoms with van der Waals surface area (Å²) in [5.74, 6) is 0.847. The summed E-state index contributed by atoms with van der Waals surface area (Å²) >= 11 is 5.92. The lowest BCUT2D eigenvalue weighted by atomic mass is 10.1. The Kier molecular flexibility index (Phi) is 5.50. The van der Waals surface area contributed by atoms with Crippen molar-refractivity contribution in [3.8, 4) is 11.3 Å². The molecule has 3 aromatic carbocycles. The molecule has 5 rings (SSSR count). The van der Waals surface area contributed by atoms with Gasteiger partial charge in [-0.3, -0.25) is 9.59 Å². The molecule has 0 spiro atoms. The predicted molar refractivity (Wildman–Crippen MR) is 131 cm³/mol. The molecule has 0 bridgehead atoms. The molecule has 0 saturated heterocycles. The van der Waals surface area contributed by atoms with Crippen LogP contribution >= 0.6 is 11.6 Å². The molecule has 7 heteroatoms. The Hall–Kier alpha value is -4.16. The van der Waals surface area contributed by atoms with Gasteiger partial charge in [-0.15, -0.1) is 0 Å². The van der Waals surface area contributed by atoms with Crippen LogP contribution in [0.25, 0.3) is 33.1 Å². The fraction of sp³-hybridized carbons (Fsp3) is 0.0385. The van der Waals surface area contributed by atoms with Crippen LogP contribution in [0, 0.1) is 0 Å². The van der Waals surface area contributed by atoms with Crippen molar-refractivity contribution >= 4 is 45.5 Å². The van der Waals surface area contributed by atoms with Gasteiger partial charge in [0.15, 0.2) is 5.43 Å². The van der Waals surface area contributed by atoms with E-state index in [2.05, 4.69) is 10.5 Å². The maximum absolute atomic E-state index is 12.8. The summed E-state index contributed by atoms with van der Waals surface area (Å²) in [5, 5.41) is 5.81. The fourth-order valence-electron chi connectivity index (χ4n) is 3.79. The number of rotatable bonds is 5. The van der Waals surface area contributed by atoms with Crippen molar-refractivity contribution in [3.05, 3.63) is 106 Å². The Morgan fingerprint density at radius 1 is 0.909 bits per heavy atom. The van der Waals surface area contributed by atoms with E-state index >= 15 is 0 Å². The highest BCUT2D eigenvalue weighted by molar-refractivity contribution is 6.30. The first-order valence-corrected chi connectivity index (χ1v) is 10.7. The van der Waals surface area contributed by atoms with E-state index in [1.807, 2.05) is 59.2 Å². The van der Waals surface area contributed by atoms with E-state index in [0.29, 0.717) is 38.3 Å². The topological polar surface area (TPSA) is 76.6 Å². The van der Waals surface area contributed by atoms with E-state index in [-0.39, 0.29) is 17.9 Å². The van der Waals surface area contributed by atoms with E-state index in [9.17, 15) is 9.59 Å². The van der Waals surface area contributed by atoms with Gasteiger partial charge in [0.05, 0.1) is 17.2 Å². The van der Waals surface area contributed by atoms with Crippen LogP contribution in [-0.2, 0) is 11.3 Å². The van der Waals surface area contributed by atoms with Gasteiger partial charge in [0.1, 0.15) is 18.1 Å². The van der Waals surface area contributed by atoms with Crippen LogP contribution in [0.4, 0.5) is 0 Å². The molecule has 33 heavy (non-hydrogen) atoms. The Labute approximate surface area is 193 Å². The molecule has 1 N–H and O–H groups in total. The number of benzene rings is 3. The average molecular weight is 456 g/mol. The SMILES string of the molecule is O=C(Cn1c2ccccc2c(=O)c2ccccc21)NN=Cc1ccc(-c2ccc(Cl)cc2)o1. The zero-order valence-corrected chi connectivity index (χ0v) is 18.1. The molecule has 0 aliphatic rings. The van der Waals surface area contributed by atoms with Gasteiger partial charge in [-0.1, -0.05) is 35.9 Å². The number of carbonyl (C=O) groups excluding carboxylic acids is 1. The zero-order chi connectivity index (χ0) is 22.8. The minimum atomic E-state index is -0.324. The number of hydrogen-bond acceptors (Lipinski definition) is 4. The molecular formula is C26H18ClN3O3. The lowest BCUT2D eigenvalue weighted by Gasteiger charge is -2.14. The molecule has 0 aliphatic carbocycles. The Morgan fingerprint density at radius 2 is 1.55 bits per heavy atom. The van der Waals surface area contributed by atoms with Gasteiger partial charge in [-0.2, -0.15) is 5.10 Å². The molecule has 2 heterocycles. The number of aromatic nitrogens is 1. The highest BCUT2D eigenvalue weighted by Gasteiger charge is 2.12. The van der Waals surface area contributed by atoms with Crippen LogP contribution < -0.4 is 10.9 Å². The number of carbonyl (C=O) groups is 1. The van der Waals surface area contributed by atoms with Crippen molar-refractivity contribution in [3.63, 3.8) is 0 Å². The van der Waals surface area contributed by atoms with Gasteiger partial charge in [-0.05, 0) is 60.7 Å². The van der Waals surface area contributed by atoms with Gasteiger partial charge in [-0.25, -0.2) is 5.43 Å². The van der Waals surface area contributed by atoms with Gasteiger partial charge >= 0.3 is 0 Å². The highest BCUT2D eigenvalue weighted by atomic mass is 35.5.